The quantitative estimate of drug-likeness (QED) is 0.604. The first-order valence-corrected chi connectivity index (χ1v) is 6.69. The van der Waals surface area contributed by atoms with E-state index in [4.69, 9.17) is 23.2 Å². The third-order valence-corrected chi connectivity index (χ3v) is 4.00. The zero-order valence-electron chi connectivity index (χ0n) is 8.93. The Morgan fingerprint density at radius 3 is 2.11 bits per heavy atom. The average molecular weight is 352 g/mol. The van der Waals surface area contributed by atoms with E-state index in [1.165, 1.54) is 12.1 Å². The van der Waals surface area contributed by atoms with Crippen LogP contribution in [0.3, 0.4) is 0 Å². The van der Waals surface area contributed by atoms with Gasteiger partial charge in [-0.15, -0.1) is 0 Å². The molecule has 0 spiro atoms. The molecule has 2 rings (SSSR count). The zero-order valence-corrected chi connectivity index (χ0v) is 12.0. The predicted molar refractivity (Wildman–Crippen MR) is 73.6 cm³/mol. The summed E-state index contributed by atoms with van der Waals surface area (Å²) in [6.07, 6.45) is 0. The molecule has 5 heteroatoms. The standard InChI is InChI=1S/C13H7BrCl2F2/c14-13(7-3-9(17)6-10(18)4-7)11-2-1-8(15)5-12(11)16/h1-6,13H. The highest BCUT2D eigenvalue weighted by molar-refractivity contribution is 9.09. The van der Waals surface area contributed by atoms with Gasteiger partial charge in [-0.1, -0.05) is 45.2 Å². The summed E-state index contributed by atoms with van der Waals surface area (Å²) in [4.78, 5) is -0.396. The molecule has 0 saturated heterocycles. The number of hydrogen-bond donors (Lipinski definition) is 0. The molecule has 2 aromatic carbocycles. The third kappa shape index (κ3) is 3.02. The van der Waals surface area contributed by atoms with E-state index in [1.807, 2.05) is 0 Å². The van der Waals surface area contributed by atoms with E-state index < -0.39 is 16.5 Å². The molecule has 2 aromatic rings. The summed E-state index contributed by atoms with van der Waals surface area (Å²) in [5, 5.41) is 0.947. The Bertz CT molecular complexity index is 567. The summed E-state index contributed by atoms with van der Waals surface area (Å²) in [5.41, 5.74) is 1.16. The molecule has 94 valence electrons. The van der Waals surface area contributed by atoms with Crippen LogP contribution in [0.1, 0.15) is 16.0 Å². The minimum atomic E-state index is -0.625. The fourth-order valence-electron chi connectivity index (χ4n) is 1.61. The van der Waals surface area contributed by atoms with Crippen LogP contribution in [-0.2, 0) is 0 Å². The van der Waals surface area contributed by atoms with Crippen LogP contribution in [0.15, 0.2) is 36.4 Å². The maximum atomic E-state index is 13.2. The number of rotatable bonds is 2. The highest BCUT2D eigenvalue weighted by atomic mass is 79.9. The van der Waals surface area contributed by atoms with Gasteiger partial charge in [-0.05, 0) is 35.4 Å². The SMILES string of the molecule is Fc1cc(F)cc(C(Br)c2ccc(Cl)cc2Cl)c1. The van der Waals surface area contributed by atoms with Gasteiger partial charge < -0.3 is 0 Å². The smallest absolute Gasteiger partial charge is 0.126 e. The predicted octanol–water partition coefficient (Wildman–Crippen LogP) is 5.76. The Morgan fingerprint density at radius 2 is 1.56 bits per heavy atom. The summed E-state index contributed by atoms with van der Waals surface area (Å²) in [5.74, 6) is -1.25. The first kappa shape index (κ1) is 13.8. The molecule has 0 nitrogen and oxygen atoms in total. The lowest BCUT2D eigenvalue weighted by Crippen LogP contribution is -1.96. The molecule has 0 N–H and O–H groups in total. The minimum absolute atomic E-state index is 0.396. The number of alkyl halides is 1. The van der Waals surface area contributed by atoms with Crippen LogP contribution in [0.2, 0.25) is 10.0 Å². The van der Waals surface area contributed by atoms with Crippen LogP contribution in [0.4, 0.5) is 8.78 Å². The molecule has 0 fully saturated rings. The number of benzene rings is 2. The molecule has 1 atom stereocenters. The average Bonchev–Trinajstić information content (AvgIpc) is 2.26. The van der Waals surface area contributed by atoms with E-state index in [2.05, 4.69) is 15.9 Å². The molecule has 0 aromatic heterocycles. The summed E-state index contributed by atoms with van der Waals surface area (Å²) in [6, 6.07) is 8.31. The van der Waals surface area contributed by atoms with Crippen molar-refractivity contribution >= 4 is 39.1 Å². The van der Waals surface area contributed by atoms with Crippen LogP contribution >= 0.6 is 39.1 Å². The molecule has 0 saturated carbocycles. The van der Waals surface area contributed by atoms with Crippen LogP contribution in [-0.4, -0.2) is 0 Å². The molecule has 0 radical (unpaired) electrons. The monoisotopic (exact) mass is 350 g/mol. The molecular formula is C13H7BrCl2F2. The minimum Gasteiger partial charge on any atom is -0.207 e. The second-order valence-electron chi connectivity index (χ2n) is 3.73. The lowest BCUT2D eigenvalue weighted by molar-refractivity contribution is 0.580. The van der Waals surface area contributed by atoms with Crippen molar-refractivity contribution in [2.75, 3.05) is 0 Å². The van der Waals surface area contributed by atoms with Gasteiger partial charge in [0.15, 0.2) is 0 Å². The van der Waals surface area contributed by atoms with Crippen LogP contribution in [0.25, 0.3) is 0 Å². The van der Waals surface area contributed by atoms with E-state index in [1.54, 1.807) is 18.2 Å². The van der Waals surface area contributed by atoms with Crippen LogP contribution < -0.4 is 0 Å². The van der Waals surface area contributed by atoms with Crippen molar-refractivity contribution in [3.05, 3.63) is 69.2 Å². The summed E-state index contributed by atoms with van der Waals surface area (Å²) in [7, 11) is 0. The van der Waals surface area contributed by atoms with Gasteiger partial charge in [0.1, 0.15) is 11.6 Å². The van der Waals surface area contributed by atoms with E-state index in [9.17, 15) is 8.78 Å². The Kier molecular flexibility index (Phi) is 4.25. The first-order valence-electron chi connectivity index (χ1n) is 5.02. The fraction of sp³-hybridized carbons (Fsp3) is 0.0769. The molecule has 0 heterocycles. The van der Waals surface area contributed by atoms with Gasteiger partial charge in [0.25, 0.3) is 0 Å². The van der Waals surface area contributed by atoms with E-state index in [0.29, 0.717) is 21.2 Å². The molecule has 0 bridgehead atoms. The van der Waals surface area contributed by atoms with Gasteiger partial charge >= 0.3 is 0 Å². The van der Waals surface area contributed by atoms with Gasteiger partial charge in [0.05, 0.1) is 4.83 Å². The summed E-state index contributed by atoms with van der Waals surface area (Å²) in [6.45, 7) is 0. The normalized spacial score (nSPS) is 12.5. The van der Waals surface area contributed by atoms with Crippen molar-refractivity contribution in [3.63, 3.8) is 0 Å². The van der Waals surface area contributed by atoms with Crippen molar-refractivity contribution in [1.29, 1.82) is 0 Å². The van der Waals surface area contributed by atoms with Crippen molar-refractivity contribution < 1.29 is 8.78 Å². The van der Waals surface area contributed by atoms with E-state index >= 15 is 0 Å². The molecule has 18 heavy (non-hydrogen) atoms. The van der Waals surface area contributed by atoms with Gasteiger partial charge in [0, 0.05) is 16.1 Å². The highest BCUT2D eigenvalue weighted by Gasteiger charge is 2.15. The number of hydrogen-bond acceptors (Lipinski definition) is 0. The topological polar surface area (TPSA) is 0 Å². The Labute approximate surface area is 122 Å². The summed E-state index contributed by atoms with van der Waals surface area (Å²) >= 11 is 15.2. The molecule has 0 amide bonds. The van der Waals surface area contributed by atoms with Crippen LogP contribution in [0, 0.1) is 11.6 Å². The molecular weight excluding hydrogens is 345 g/mol. The van der Waals surface area contributed by atoms with Gasteiger partial charge in [0.2, 0.25) is 0 Å². The van der Waals surface area contributed by atoms with Crippen molar-refractivity contribution in [3.8, 4) is 0 Å². The van der Waals surface area contributed by atoms with Crippen molar-refractivity contribution in [2.24, 2.45) is 0 Å². The number of halogens is 5. The Balaban J connectivity index is 2.44. The molecule has 0 aliphatic carbocycles. The Morgan fingerprint density at radius 1 is 0.944 bits per heavy atom. The van der Waals surface area contributed by atoms with Gasteiger partial charge in [-0.3, -0.25) is 0 Å². The van der Waals surface area contributed by atoms with E-state index in [0.717, 1.165) is 6.07 Å². The van der Waals surface area contributed by atoms with Crippen molar-refractivity contribution in [2.45, 2.75) is 4.83 Å². The first-order chi connectivity index (χ1) is 8.47. The largest absolute Gasteiger partial charge is 0.207 e. The summed E-state index contributed by atoms with van der Waals surface area (Å²) < 4.78 is 26.3. The van der Waals surface area contributed by atoms with Crippen LogP contribution in [0.5, 0.6) is 0 Å². The van der Waals surface area contributed by atoms with Gasteiger partial charge in [-0.25, -0.2) is 8.78 Å². The molecule has 0 aliphatic rings. The fourth-order valence-corrected chi connectivity index (χ4v) is 2.92. The lowest BCUT2D eigenvalue weighted by Gasteiger charge is -2.13. The molecule has 0 aliphatic heterocycles. The van der Waals surface area contributed by atoms with Crippen molar-refractivity contribution in [1.82, 2.24) is 0 Å². The van der Waals surface area contributed by atoms with Gasteiger partial charge in [-0.2, -0.15) is 0 Å². The maximum absolute atomic E-state index is 13.2. The Hall–Kier alpha value is -0.640. The highest BCUT2D eigenvalue weighted by Crippen LogP contribution is 2.36. The second-order valence-corrected chi connectivity index (χ2v) is 5.49. The zero-order chi connectivity index (χ0) is 13.3. The van der Waals surface area contributed by atoms with E-state index in [-0.39, 0.29) is 0 Å². The molecule has 1 unspecified atom stereocenters. The third-order valence-electron chi connectivity index (χ3n) is 2.41. The maximum Gasteiger partial charge on any atom is 0.126 e. The lowest BCUT2D eigenvalue weighted by atomic mass is 10.0. The second kappa shape index (κ2) is 5.55.